The zero-order valence-electron chi connectivity index (χ0n) is 13.6. The monoisotopic (exact) mass is 312 g/mol. The van der Waals surface area contributed by atoms with E-state index in [-0.39, 0.29) is 17.6 Å². The third kappa shape index (κ3) is 4.30. The number of rotatable bonds is 2. The molecule has 0 aromatic carbocycles. The summed E-state index contributed by atoms with van der Waals surface area (Å²) in [4.78, 5) is 18.0. The number of nitrogens with one attached hydrogen (secondary N) is 1. The van der Waals surface area contributed by atoms with Crippen molar-refractivity contribution in [2.24, 2.45) is 0 Å². The molecule has 7 heteroatoms. The zero-order chi connectivity index (χ0) is 15.8. The van der Waals surface area contributed by atoms with Crippen LogP contribution in [0.25, 0.3) is 0 Å². The molecule has 1 fully saturated rings. The van der Waals surface area contributed by atoms with E-state index < -0.39 is 5.60 Å². The molecule has 6 nitrogen and oxygen atoms in total. The van der Waals surface area contributed by atoms with Gasteiger partial charge in [0.2, 0.25) is 5.13 Å². The minimum atomic E-state index is -0.448. The second-order valence-electron chi connectivity index (χ2n) is 7.40. The van der Waals surface area contributed by atoms with Gasteiger partial charge in [0, 0.05) is 30.0 Å². The first kappa shape index (κ1) is 16.0. The first-order valence-corrected chi connectivity index (χ1v) is 7.90. The molecule has 2 heterocycles. The molecule has 0 radical (unpaired) electrons. The summed E-state index contributed by atoms with van der Waals surface area (Å²) in [5.74, 6) is 0.846. The quantitative estimate of drug-likeness (QED) is 0.909. The molecular formula is C14H24N4O2S. The average Bonchev–Trinajstić information content (AvgIpc) is 2.67. The number of ether oxygens (including phenoxy) is 1. The molecule has 1 amide bonds. The molecule has 0 bridgehead atoms. The summed E-state index contributed by atoms with van der Waals surface area (Å²) in [6, 6.07) is 0.221. The van der Waals surface area contributed by atoms with Gasteiger partial charge in [0.15, 0.2) is 0 Å². The van der Waals surface area contributed by atoms with Crippen LogP contribution in [-0.4, -0.2) is 45.1 Å². The molecule has 1 aromatic rings. The molecular weight excluding hydrogens is 288 g/mol. The van der Waals surface area contributed by atoms with Crippen LogP contribution in [0.15, 0.2) is 0 Å². The fraction of sp³-hybridized carbons (Fsp3) is 0.786. The van der Waals surface area contributed by atoms with Crippen molar-refractivity contribution in [3.63, 3.8) is 0 Å². The second-order valence-corrected chi connectivity index (χ2v) is 8.15. The molecule has 1 aromatic heterocycles. The first-order valence-electron chi connectivity index (χ1n) is 7.13. The minimum absolute atomic E-state index is 0.0431. The van der Waals surface area contributed by atoms with Crippen molar-refractivity contribution in [3.05, 3.63) is 5.82 Å². The highest BCUT2D eigenvalue weighted by molar-refractivity contribution is 7.09. The van der Waals surface area contributed by atoms with Crippen molar-refractivity contribution < 1.29 is 9.53 Å². The number of hydrogen-bond donors (Lipinski definition) is 1. The Morgan fingerprint density at radius 3 is 2.38 bits per heavy atom. The summed E-state index contributed by atoms with van der Waals surface area (Å²) in [6.07, 6.45) is -0.256. The lowest BCUT2D eigenvalue weighted by Gasteiger charge is -2.39. The average molecular weight is 312 g/mol. The van der Waals surface area contributed by atoms with Gasteiger partial charge in [-0.1, -0.05) is 20.8 Å². The van der Waals surface area contributed by atoms with Crippen molar-refractivity contribution >= 4 is 22.8 Å². The van der Waals surface area contributed by atoms with Crippen molar-refractivity contribution in [2.45, 2.75) is 58.6 Å². The molecule has 1 N–H and O–H groups in total. The molecule has 118 valence electrons. The van der Waals surface area contributed by atoms with Gasteiger partial charge < -0.3 is 15.0 Å². The van der Waals surface area contributed by atoms with Crippen LogP contribution >= 0.6 is 11.5 Å². The number of anilines is 1. The van der Waals surface area contributed by atoms with Crippen LogP contribution in [-0.2, 0) is 10.2 Å². The molecule has 0 aliphatic carbocycles. The summed E-state index contributed by atoms with van der Waals surface area (Å²) in [5.41, 5.74) is -0.491. The Balaban J connectivity index is 1.81. The molecule has 0 unspecified atom stereocenters. The maximum absolute atomic E-state index is 11.8. The summed E-state index contributed by atoms with van der Waals surface area (Å²) in [6.45, 7) is 13.2. The molecule has 0 saturated carbocycles. The zero-order valence-corrected chi connectivity index (χ0v) is 14.4. The van der Waals surface area contributed by atoms with Crippen LogP contribution in [0.3, 0.4) is 0 Å². The predicted octanol–water partition coefficient (Wildman–Crippen LogP) is 2.87. The molecule has 1 aliphatic rings. The number of carbonyl (C=O) groups excluding carboxylic acids is 1. The lowest BCUT2D eigenvalue weighted by molar-refractivity contribution is 0.0105. The maximum Gasteiger partial charge on any atom is 0.410 e. The predicted molar refractivity (Wildman–Crippen MR) is 83.8 cm³/mol. The SMILES string of the molecule is CC(C)(C)OC(=O)N1CC(Nc2nc(C(C)(C)C)ns2)C1. The van der Waals surface area contributed by atoms with Gasteiger partial charge >= 0.3 is 6.09 Å². The Morgan fingerprint density at radius 2 is 1.90 bits per heavy atom. The van der Waals surface area contributed by atoms with E-state index in [1.165, 1.54) is 11.5 Å². The Bertz CT molecular complexity index is 510. The molecule has 0 atom stereocenters. The number of nitrogens with zero attached hydrogens (tertiary/aromatic N) is 3. The van der Waals surface area contributed by atoms with E-state index in [1.54, 1.807) is 4.90 Å². The lowest BCUT2D eigenvalue weighted by Crippen LogP contribution is -2.57. The molecule has 21 heavy (non-hydrogen) atoms. The molecule has 1 saturated heterocycles. The highest BCUT2D eigenvalue weighted by Crippen LogP contribution is 2.25. The van der Waals surface area contributed by atoms with Crippen LogP contribution in [0.2, 0.25) is 0 Å². The van der Waals surface area contributed by atoms with Crippen molar-refractivity contribution in [2.75, 3.05) is 18.4 Å². The highest BCUT2D eigenvalue weighted by Gasteiger charge is 2.34. The number of aromatic nitrogens is 2. The van der Waals surface area contributed by atoms with Gasteiger partial charge in [-0.05, 0) is 20.8 Å². The van der Waals surface area contributed by atoms with Gasteiger partial charge in [0.1, 0.15) is 11.4 Å². The largest absolute Gasteiger partial charge is 0.444 e. The van der Waals surface area contributed by atoms with Crippen LogP contribution in [0.4, 0.5) is 9.93 Å². The third-order valence-electron chi connectivity index (χ3n) is 2.96. The van der Waals surface area contributed by atoms with Gasteiger partial charge in [0.05, 0.1) is 6.04 Å². The van der Waals surface area contributed by atoms with Crippen LogP contribution < -0.4 is 5.32 Å². The van der Waals surface area contributed by atoms with Crippen LogP contribution in [0.1, 0.15) is 47.4 Å². The van der Waals surface area contributed by atoms with Crippen LogP contribution in [0.5, 0.6) is 0 Å². The topological polar surface area (TPSA) is 67.3 Å². The standard InChI is InChI=1S/C14H24N4O2S/c1-13(2,3)10-16-11(21-17-10)15-9-7-18(8-9)12(19)20-14(4,5)6/h9H,7-8H2,1-6H3,(H,15,16,17). The van der Waals surface area contributed by atoms with Gasteiger partial charge in [-0.2, -0.15) is 4.37 Å². The molecule has 1 aliphatic heterocycles. The van der Waals surface area contributed by atoms with Crippen molar-refractivity contribution in [1.82, 2.24) is 14.3 Å². The normalized spacial score (nSPS) is 16.6. The molecule has 2 rings (SSSR count). The Kier molecular flexibility index (Phi) is 4.15. The van der Waals surface area contributed by atoms with Gasteiger partial charge in [0.25, 0.3) is 0 Å². The fourth-order valence-electron chi connectivity index (χ4n) is 1.81. The summed E-state index contributed by atoms with van der Waals surface area (Å²) in [7, 11) is 0. The summed E-state index contributed by atoms with van der Waals surface area (Å²) < 4.78 is 9.69. The fourth-order valence-corrected chi connectivity index (χ4v) is 2.64. The Hall–Kier alpha value is -1.37. The van der Waals surface area contributed by atoms with E-state index in [0.717, 1.165) is 11.0 Å². The van der Waals surface area contributed by atoms with E-state index in [2.05, 4.69) is 35.4 Å². The van der Waals surface area contributed by atoms with E-state index in [0.29, 0.717) is 13.1 Å². The van der Waals surface area contributed by atoms with E-state index in [1.807, 2.05) is 20.8 Å². The van der Waals surface area contributed by atoms with E-state index >= 15 is 0 Å². The Morgan fingerprint density at radius 1 is 1.29 bits per heavy atom. The van der Waals surface area contributed by atoms with Gasteiger partial charge in [-0.3, -0.25) is 0 Å². The minimum Gasteiger partial charge on any atom is -0.444 e. The number of hydrogen-bond acceptors (Lipinski definition) is 6. The van der Waals surface area contributed by atoms with Gasteiger partial charge in [-0.25, -0.2) is 9.78 Å². The number of amides is 1. The number of likely N-dealkylation sites (tertiary alicyclic amines) is 1. The summed E-state index contributed by atoms with van der Waals surface area (Å²) >= 11 is 1.37. The Labute approximate surface area is 130 Å². The van der Waals surface area contributed by atoms with Crippen molar-refractivity contribution in [3.8, 4) is 0 Å². The third-order valence-corrected chi connectivity index (χ3v) is 3.60. The van der Waals surface area contributed by atoms with Crippen LogP contribution in [0, 0.1) is 0 Å². The summed E-state index contributed by atoms with van der Waals surface area (Å²) in [5, 5.41) is 4.13. The first-order chi connectivity index (χ1) is 9.54. The van der Waals surface area contributed by atoms with E-state index in [4.69, 9.17) is 4.74 Å². The van der Waals surface area contributed by atoms with Gasteiger partial charge in [-0.15, -0.1) is 0 Å². The lowest BCUT2D eigenvalue weighted by atomic mass is 9.96. The van der Waals surface area contributed by atoms with E-state index in [9.17, 15) is 4.79 Å². The smallest absolute Gasteiger partial charge is 0.410 e. The van der Waals surface area contributed by atoms with Crippen molar-refractivity contribution in [1.29, 1.82) is 0 Å². The molecule has 0 spiro atoms. The highest BCUT2D eigenvalue weighted by atomic mass is 32.1. The maximum atomic E-state index is 11.8. The second kappa shape index (κ2) is 5.44. The number of carbonyl (C=O) groups is 1.